The lowest BCUT2D eigenvalue weighted by Crippen LogP contribution is -2.34. The SMILES string of the molecule is C/C=C(\C)CCNCCCNC[C@H]1C[C@@H](n2cc(C)c3c(Cl)ncnc32)[C@H](O)[C@@H]1O. The Morgan fingerprint density at radius 1 is 1.23 bits per heavy atom. The molecule has 4 N–H and O–H groups in total. The highest BCUT2D eigenvalue weighted by Crippen LogP contribution is 2.38. The number of aliphatic hydroxyl groups excluding tert-OH is 2. The number of hydrogen-bond donors (Lipinski definition) is 4. The van der Waals surface area contributed by atoms with Crippen LogP contribution in [-0.4, -0.2) is 63.1 Å². The van der Waals surface area contributed by atoms with Crippen LogP contribution in [0, 0.1) is 12.8 Å². The van der Waals surface area contributed by atoms with Crippen molar-refractivity contribution in [3.8, 4) is 0 Å². The summed E-state index contributed by atoms with van der Waals surface area (Å²) in [7, 11) is 0. The number of aryl methyl sites for hydroxylation is 1. The zero-order valence-corrected chi connectivity index (χ0v) is 18.9. The molecule has 0 aliphatic heterocycles. The Labute approximate surface area is 183 Å². The lowest BCUT2D eigenvalue weighted by molar-refractivity contribution is 0.00693. The van der Waals surface area contributed by atoms with Gasteiger partial charge in [-0.15, -0.1) is 0 Å². The molecule has 1 aliphatic carbocycles. The average Bonchev–Trinajstić information content (AvgIpc) is 3.21. The van der Waals surface area contributed by atoms with Crippen molar-refractivity contribution >= 4 is 22.6 Å². The molecule has 2 aromatic heterocycles. The van der Waals surface area contributed by atoms with Crippen molar-refractivity contribution in [2.45, 2.75) is 58.3 Å². The van der Waals surface area contributed by atoms with Crippen LogP contribution in [0.2, 0.25) is 5.15 Å². The van der Waals surface area contributed by atoms with E-state index in [0.29, 0.717) is 23.8 Å². The van der Waals surface area contributed by atoms with Crippen molar-refractivity contribution in [1.29, 1.82) is 0 Å². The second-order valence-electron chi connectivity index (χ2n) is 8.32. The first-order valence-electron chi connectivity index (χ1n) is 10.8. The van der Waals surface area contributed by atoms with Crippen molar-refractivity contribution in [3.63, 3.8) is 0 Å². The molecule has 1 fully saturated rings. The molecule has 0 saturated heterocycles. The van der Waals surface area contributed by atoms with E-state index in [9.17, 15) is 10.2 Å². The van der Waals surface area contributed by atoms with Crippen LogP contribution in [0.15, 0.2) is 24.2 Å². The molecule has 2 heterocycles. The molecule has 1 aliphatic rings. The Kier molecular flexibility index (Phi) is 8.25. The molecule has 1 saturated carbocycles. The average molecular weight is 436 g/mol. The highest BCUT2D eigenvalue weighted by molar-refractivity contribution is 6.34. The Bertz CT molecular complexity index is 869. The fourth-order valence-electron chi connectivity index (χ4n) is 4.24. The van der Waals surface area contributed by atoms with Crippen LogP contribution in [-0.2, 0) is 0 Å². The van der Waals surface area contributed by atoms with Gasteiger partial charge in [-0.3, -0.25) is 0 Å². The molecule has 166 valence electrons. The lowest BCUT2D eigenvalue weighted by atomic mass is 10.1. The third kappa shape index (κ3) is 5.21. The molecule has 0 radical (unpaired) electrons. The molecule has 0 aromatic carbocycles. The van der Waals surface area contributed by atoms with E-state index in [-0.39, 0.29) is 12.0 Å². The van der Waals surface area contributed by atoms with Crippen molar-refractivity contribution < 1.29 is 10.2 Å². The molecule has 30 heavy (non-hydrogen) atoms. The Balaban J connectivity index is 1.49. The van der Waals surface area contributed by atoms with E-state index in [4.69, 9.17) is 11.6 Å². The largest absolute Gasteiger partial charge is 0.390 e. The van der Waals surface area contributed by atoms with Crippen LogP contribution in [0.5, 0.6) is 0 Å². The van der Waals surface area contributed by atoms with Gasteiger partial charge in [0.1, 0.15) is 23.2 Å². The lowest BCUT2D eigenvalue weighted by Gasteiger charge is -2.19. The number of fused-ring (bicyclic) bond motifs is 1. The van der Waals surface area contributed by atoms with Gasteiger partial charge >= 0.3 is 0 Å². The molecule has 0 bridgehead atoms. The third-order valence-electron chi connectivity index (χ3n) is 6.18. The summed E-state index contributed by atoms with van der Waals surface area (Å²) in [5, 5.41) is 29.4. The zero-order chi connectivity index (χ0) is 21.7. The molecule has 3 rings (SSSR count). The fraction of sp³-hybridized carbons (Fsp3) is 0.636. The van der Waals surface area contributed by atoms with E-state index in [1.54, 1.807) is 0 Å². The number of nitrogens with one attached hydrogen (secondary N) is 2. The van der Waals surface area contributed by atoms with Gasteiger partial charge in [0.25, 0.3) is 0 Å². The molecular formula is C22H34ClN5O2. The second-order valence-corrected chi connectivity index (χ2v) is 8.68. The number of aromatic nitrogens is 3. The van der Waals surface area contributed by atoms with Gasteiger partial charge in [-0.25, -0.2) is 9.97 Å². The van der Waals surface area contributed by atoms with Crippen LogP contribution in [0.1, 0.15) is 44.7 Å². The normalized spacial score (nSPS) is 24.8. The standard InChI is InChI=1S/C22H34ClN5O2/c1-4-14(2)6-9-24-7-5-8-25-11-16-10-17(20(30)19(16)29)28-12-15(3)18-21(23)26-13-27-22(18)28/h4,12-13,16-17,19-20,24-25,29-30H,5-11H2,1-3H3/b14-4+/t16-,17-,19-,20+/m1/s1. The van der Waals surface area contributed by atoms with Gasteiger partial charge in [0, 0.05) is 18.7 Å². The summed E-state index contributed by atoms with van der Waals surface area (Å²) < 4.78 is 1.95. The van der Waals surface area contributed by atoms with Crippen LogP contribution in [0.3, 0.4) is 0 Å². The highest BCUT2D eigenvalue weighted by atomic mass is 35.5. The Hall–Kier alpha value is -1.51. The van der Waals surface area contributed by atoms with Gasteiger partial charge in [0.2, 0.25) is 0 Å². The van der Waals surface area contributed by atoms with Gasteiger partial charge in [-0.2, -0.15) is 0 Å². The van der Waals surface area contributed by atoms with Gasteiger partial charge in [0.05, 0.1) is 17.5 Å². The Morgan fingerprint density at radius 2 is 2.00 bits per heavy atom. The van der Waals surface area contributed by atoms with Crippen LogP contribution >= 0.6 is 11.6 Å². The summed E-state index contributed by atoms with van der Waals surface area (Å²) in [4.78, 5) is 8.43. The maximum absolute atomic E-state index is 10.7. The second kappa shape index (κ2) is 10.7. The quantitative estimate of drug-likeness (QED) is 0.260. The first-order chi connectivity index (χ1) is 14.4. The van der Waals surface area contributed by atoms with Gasteiger partial charge in [-0.05, 0) is 65.2 Å². The summed E-state index contributed by atoms with van der Waals surface area (Å²) in [6.45, 7) is 9.71. The molecule has 0 spiro atoms. The van der Waals surface area contributed by atoms with Gasteiger partial charge in [0.15, 0.2) is 0 Å². The maximum Gasteiger partial charge on any atom is 0.145 e. The van der Waals surface area contributed by atoms with Crippen LogP contribution < -0.4 is 10.6 Å². The molecule has 7 nitrogen and oxygen atoms in total. The monoisotopic (exact) mass is 435 g/mol. The van der Waals surface area contributed by atoms with E-state index in [1.807, 2.05) is 17.7 Å². The number of aliphatic hydroxyl groups is 2. The molecule has 0 unspecified atom stereocenters. The van der Waals surface area contributed by atoms with Crippen molar-refractivity contribution in [2.75, 3.05) is 26.2 Å². The third-order valence-corrected chi connectivity index (χ3v) is 6.47. The van der Waals surface area contributed by atoms with Crippen LogP contribution in [0.4, 0.5) is 0 Å². The topological polar surface area (TPSA) is 95.2 Å². The van der Waals surface area contributed by atoms with E-state index in [0.717, 1.165) is 43.4 Å². The number of halogens is 1. The van der Waals surface area contributed by atoms with E-state index < -0.39 is 12.2 Å². The van der Waals surface area contributed by atoms with Crippen molar-refractivity contribution in [2.24, 2.45) is 5.92 Å². The zero-order valence-electron chi connectivity index (χ0n) is 18.1. The van der Waals surface area contributed by atoms with Crippen LogP contribution in [0.25, 0.3) is 11.0 Å². The smallest absolute Gasteiger partial charge is 0.145 e. The summed E-state index contributed by atoms with van der Waals surface area (Å²) in [6, 6.07) is -0.231. The van der Waals surface area contributed by atoms with E-state index >= 15 is 0 Å². The first-order valence-corrected chi connectivity index (χ1v) is 11.2. The fourth-order valence-corrected chi connectivity index (χ4v) is 4.51. The number of hydrogen-bond acceptors (Lipinski definition) is 6. The van der Waals surface area contributed by atoms with Gasteiger partial charge in [-0.1, -0.05) is 23.3 Å². The van der Waals surface area contributed by atoms with Crippen molar-refractivity contribution in [1.82, 2.24) is 25.2 Å². The molecular weight excluding hydrogens is 402 g/mol. The Morgan fingerprint density at radius 3 is 2.77 bits per heavy atom. The van der Waals surface area contributed by atoms with E-state index in [1.165, 1.54) is 11.9 Å². The number of nitrogens with zero attached hydrogens (tertiary/aromatic N) is 3. The first kappa shape index (κ1) is 23.2. The predicted molar refractivity (Wildman–Crippen MR) is 121 cm³/mol. The molecule has 0 amide bonds. The molecule has 4 atom stereocenters. The minimum absolute atomic E-state index is 0.00892. The minimum Gasteiger partial charge on any atom is -0.390 e. The van der Waals surface area contributed by atoms with E-state index in [2.05, 4.69) is 40.5 Å². The summed E-state index contributed by atoms with van der Waals surface area (Å²) in [6.07, 6.45) is 6.73. The summed E-state index contributed by atoms with van der Waals surface area (Å²) in [5.74, 6) is -0.00892. The summed E-state index contributed by atoms with van der Waals surface area (Å²) in [5.41, 5.74) is 3.08. The summed E-state index contributed by atoms with van der Waals surface area (Å²) >= 11 is 6.23. The maximum atomic E-state index is 10.7. The molecule has 8 heteroatoms. The minimum atomic E-state index is -0.836. The predicted octanol–water partition coefficient (Wildman–Crippen LogP) is 2.60. The highest BCUT2D eigenvalue weighted by Gasteiger charge is 2.42. The van der Waals surface area contributed by atoms with Crippen molar-refractivity contribution in [3.05, 3.63) is 34.9 Å². The molecule has 2 aromatic rings. The number of allylic oxidation sites excluding steroid dienone is 1. The van der Waals surface area contributed by atoms with Gasteiger partial charge < -0.3 is 25.4 Å². The number of rotatable bonds is 10.